The van der Waals surface area contributed by atoms with Crippen LogP contribution in [-0.4, -0.2) is 45.1 Å². The molecule has 5 heteroatoms. The molecule has 0 aromatic carbocycles. The van der Waals surface area contributed by atoms with Gasteiger partial charge in [-0.1, -0.05) is 25.0 Å². The molecule has 1 fully saturated rings. The number of hydrogen-bond acceptors (Lipinski definition) is 4. The molecule has 21 heavy (non-hydrogen) atoms. The van der Waals surface area contributed by atoms with Crippen LogP contribution in [0.2, 0.25) is 0 Å². The zero-order valence-corrected chi connectivity index (χ0v) is 13.9. The highest BCUT2D eigenvalue weighted by Gasteiger charge is 2.20. The van der Waals surface area contributed by atoms with Crippen LogP contribution < -0.4 is 5.32 Å². The van der Waals surface area contributed by atoms with Crippen molar-refractivity contribution in [1.29, 1.82) is 0 Å². The summed E-state index contributed by atoms with van der Waals surface area (Å²) in [5.74, 6) is 0. The SMILES string of the molecule is CCCCCN(CCn1cc(CNC2CC2)nn1)C(C)C. The molecule has 1 saturated carbocycles. The Bertz CT molecular complexity index is 397. The van der Waals surface area contributed by atoms with E-state index in [0.717, 1.165) is 31.4 Å². The third-order valence-electron chi connectivity index (χ3n) is 4.13. The molecule has 0 amide bonds. The Labute approximate surface area is 129 Å². The molecule has 0 aliphatic heterocycles. The minimum absolute atomic E-state index is 0.599. The molecule has 0 unspecified atom stereocenters. The number of nitrogens with one attached hydrogen (secondary N) is 1. The van der Waals surface area contributed by atoms with E-state index in [9.17, 15) is 0 Å². The summed E-state index contributed by atoms with van der Waals surface area (Å²) in [7, 11) is 0. The van der Waals surface area contributed by atoms with Crippen LogP contribution in [0.25, 0.3) is 0 Å². The van der Waals surface area contributed by atoms with Crippen molar-refractivity contribution < 1.29 is 0 Å². The number of hydrogen-bond donors (Lipinski definition) is 1. The molecule has 1 aromatic rings. The van der Waals surface area contributed by atoms with Crippen LogP contribution >= 0.6 is 0 Å². The molecule has 1 aliphatic carbocycles. The highest BCUT2D eigenvalue weighted by atomic mass is 15.4. The largest absolute Gasteiger partial charge is 0.308 e. The van der Waals surface area contributed by atoms with Crippen LogP contribution in [0.1, 0.15) is 58.6 Å². The smallest absolute Gasteiger partial charge is 0.0964 e. The van der Waals surface area contributed by atoms with E-state index in [2.05, 4.69) is 47.5 Å². The molecule has 1 N–H and O–H groups in total. The van der Waals surface area contributed by atoms with E-state index in [1.807, 2.05) is 4.68 Å². The second-order valence-corrected chi connectivity index (χ2v) is 6.46. The van der Waals surface area contributed by atoms with Crippen molar-refractivity contribution in [2.24, 2.45) is 0 Å². The van der Waals surface area contributed by atoms with E-state index >= 15 is 0 Å². The third kappa shape index (κ3) is 6.14. The molecule has 1 heterocycles. The summed E-state index contributed by atoms with van der Waals surface area (Å²) in [6.07, 6.45) is 8.61. The predicted octanol–water partition coefficient (Wildman–Crippen LogP) is 2.43. The molecule has 120 valence electrons. The fourth-order valence-electron chi connectivity index (χ4n) is 2.49. The second-order valence-electron chi connectivity index (χ2n) is 6.46. The Morgan fingerprint density at radius 1 is 1.33 bits per heavy atom. The minimum atomic E-state index is 0.599. The summed E-state index contributed by atoms with van der Waals surface area (Å²) in [6.45, 7) is 10.8. The van der Waals surface area contributed by atoms with E-state index in [4.69, 9.17) is 0 Å². The van der Waals surface area contributed by atoms with Gasteiger partial charge in [0, 0.05) is 31.4 Å². The van der Waals surface area contributed by atoms with E-state index in [1.54, 1.807) is 0 Å². The molecule has 0 atom stereocenters. The zero-order chi connectivity index (χ0) is 15.1. The zero-order valence-electron chi connectivity index (χ0n) is 13.9. The Kier molecular flexibility index (Phi) is 6.64. The van der Waals surface area contributed by atoms with Gasteiger partial charge in [0.05, 0.1) is 12.2 Å². The first-order valence-corrected chi connectivity index (χ1v) is 8.55. The number of aromatic nitrogens is 3. The monoisotopic (exact) mass is 293 g/mol. The summed E-state index contributed by atoms with van der Waals surface area (Å²) in [5, 5.41) is 12.0. The van der Waals surface area contributed by atoms with E-state index < -0.39 is 0 Å². The Hall–Kier alpha value is -0.940. The summed E-state index contributed by atoms with van der Waals surface area (Å²) in [5.41, 5.74) is 1.06. The van der Waals surface area contributed by atoms with Gasteiger partial charge in [-0.3, -0.25) is 9.58 Å². The Balaban J connectivity index is 1.71. The lowest BCUT2D eigenvalue weighted by Crippen LogP contribution is -2.34. The quantitative estimate of drug-likeness (QED) is 0.637. The van der Waals surface area contributed by atoms with Gasteiger partial charge in [0.15, 0.2) is 0 Å². The highest BCUT2D eigenvalue weighted by Crippen LogP contribution is 2.18. The first-order valence-electron chi connectivity index (χ1n) is 8.55. The van der Waals surface area contributed by atoms with E-state index in [-0.39, 0.29) is 0 Å². The standard InChI is InChI=1S/C16H31N5/c1-4-5-6-9-20(14(2)3)10-11-21-13-16(18-19-21)12-17-15-7-8-15/h13-15,17H,4-12H2,1-3H3. The van der Waals surface area contributed by atoms with E-state index in [1.165, 1.54) is 38.6 Å². The van der Waals surface area contributed by atoms with Gasteiger partial charge in [-0.2, -0.15) is 0 Å². The molecule has 0 bridgehead atoms. The third-order valence-corrected chi connectivity index (χ3v) is 4.13. The van der Waals surface area contributed by atoms with Crippen molar-refractivity contribution in [3.8, 4) is 0 Å². The normalized spacial score (nSPS) is 15.3. The van der Waals surface area contributed by atoms with Gasteiger partial charge in [0.2, 0.25) is 0 Å². The lowest BCUT2D eigenvalue weighted by atomic mass is 10.2. The average molecular weight is 293 g/mol. The van der Waals surface area contributed by atoms with Crippen LogP contribution in [0.5, 0.6) is 0 Å². The minimum Gasteiger partial charge on any atom is -0.308 e. The van der Waals surface area contributed by atoms with Gasteiger partial charge in [-0.05, 0) is 39.7 Å². The predicted molar refractivity (Wildman–Crippen MR) is 86.1 cm³/mol. The highest BCUT2D eigenvalue weighted by molar-refractivity contribution is 4.94. The van der Waals surface area contributed by atoms with Gasteiger partial charge < -0.3 is 5.32 Å². The van der Waals surface area contributed by atoms with Crippen LogP contribution in [0, 0.1) is 0 Å². The molecular weight excluding hydrogens is 262 g/mol. The number of nitrogens with zero attached hydrogens (tertiary/aromatic N) is 4. The molecule has 1 aromatic heterocycles. The maximum atomic E-state index is 4.25. The lowest BCUT2D eigenvalue weighted by Gasteiger charge is -2.26. The summed E-state index contributed by atoms with van der Waals surface area (Å²) >= 11 is 0. The van der Waals surface area contributed by atoms with Crippen molar-refractivity contribution >= 4 is 0 Å². The fourth-order valence-corrected chi connectivity index (χ4v) is 2.49. The Morgan fingerprint density at radius 3 is 2.81 bits per heavy atom. The van der Waals surface area contributed by atoms with Crippen LogP contribution in [0.4, 0.5) is 0 Å². The summed E-state index contributed by atoms with van der Waals surface area (Å²) < 4.78 is 1.99. The molecule has 0 radical (unpaired) electrons. The lowest BCUT2D eigenvalue weighted by molar-refractivity contribution is 0.205. The van der Waals surface area contributed by atoms with Crippen molar-refractivity contribution in [3.63, 3.8) is 0 Å². The van der Waals surface area contributed by atoms with Gasteiger partial charge in [0.25, 0.3) is 0 Å². The maximum absolute atomic E-state index is 4.25. The van der Waals surface area contributed by atoms with Crippen LogP contribution in [-0.2, 0) is 13.1 Å². The topological polar surface area (TPSA) is 46.0 Å². The number of rotatable bonds is 11. The van der Waals surface area contributed by atoms with Gasteiger partial charge in [-0.15, -0.1) is 5.10 Å². The molecule has 5 nitrogen and oxygen atoms in total. The average Bonchev–Trinajstić information content (AvgIpc) is 3.19. The van der Waals surface area contributed by atoms with Gasteiger partial charge in [-0.25, -0.2) is 0 Å². The van der Waals surface area contributed by atoms with Crippen molar-refractivity contribution in [1.82, 2.24) is 25.2 Å². The molecule has 1 aliphatic rings. The number of unbranched alkanes of at least 4 members (excludes halogenated alkanes) is 2. The van der Waals surface area contributed by atoms with Crippen molar-refractivity contribution in [2.75, 3.05) is 13.1 Å². The van der Waals surface area contributed by atoms with Gasteiger partial charge >= 0.3 is 0 Å². The maximum Gasteiger partial charge on any atom is 0.0964 e. The van der Waals surface area contributed by atoms with E-state index in [0.29, 0.717) is 6.04 Å². The van der Waals surface area contributed by atoms with Gasteiger partial charge in [0.1, 0.15) is 0 Å². The molecule has 2 rings (SSSR count). The summed E-state index contributed by atoms with van der Waals surface area (Å²) in [6, 6.07) is 1.33. The molecular formula is C16H31N5. The Morgan fingerprint density at radius 2 is 2.14 bits per heavy atom. The first kappa shape index (κ1) is 16.4. The first-order chi connectivity index (χ1) is 10.2. The van der Waals surface area contributed by atoms with Crippen molar-refractivity contribution in [3.05, 3.63) is 11.9 Å². The molecule has 0 saturated heterocycles. The molecule has 0 spiro atoms. The van der Waals surface area contributed by atoms with Crippen LogP contribution in [0.15, 0.2) is 6.20 Å². The van der Waals surface area contributed by atoms with Crippen LogP contribution in [0.3, 0.4) is 0 Å². The van der Waals surface area contributed by atoms with Crippen molar-refractivity contribution in [2.45, 2.75) is 78.0 Å². The second kappa shape index (κ2) is 8.49. The summed E-state index contributed by atoms with van der Waals surface area (Å²) in [4.78, 5) is 2.54. The fraction of sp³-hybridized carbons (Fsp3) is 0.875.